The summed E-state index contributed by atoms with van der Waals surface area (Å²) in [5.74, 6) is -0.0570. The number of hydrogen-bond acceptors (Lipinski definition) is 3. The molecular weight excluding hydrogens is 417 g/mol. The fraction of sp³-hybridized carbons (Fsp3) is 0.435. The topological polar surface area (TPSA) is 70.9 Å². The van der Waals surface area contributed by atoms with Crippen LogP contribution in [-0.2, 0) is 14.8 Å². The number of likely N-dealkylation sites (tertiary alicyclic amines) is 1. The van der Waals surface area contributed by atoms with Gasteiger partial charge in [-0.25, -0.2) is 12.8 Å². The molecule has 0 unspecified atom stereocenters. The maximum atomic E-state index is 13.4. The summed E-state index contributed by atoms with van der Waals surface area (Å²) >= 11 is 0. The lowest BCUT2D eigenvalue weighted by atomic mass is 9.99. The molecule has 8 heteroatoms. The molecule has 0 aliphatic carbocycles. The summed E-state index contributed by atoms with van der Waals surface area (Å²) in [6.07, 6.45) is 3.33. The zero-order chi connectivity index (χ0) is 22.3. The van der Waals surface area contributed by atoms with Crippen molar-refractivity contribution in [1.29, 1.82) is 0 Å². The Morgan fingerprint density at radius 2 is 1.74 bits per heavy atom. The Hall–Kier alpha value is -2.45. The highest BCUT2D eigenvalue weighted by Gasteiger charge is 2.27. The van der Waals surface area contributed by atoms with Crippen LogP contribution in [0.1, 0.15) is 26.2 Å². The van der Waals surface area contributed by atoms with E-state index in [-0.39, 0.29) is 23.0 Å². The minimum atomic E-state index is -3.97. The minimum absolute atomic E-state index is 0.0788. The van der Waals surface area contributed by atoms with Crippen LogP contribution >= 0.6 is 0 Å². The number of quaternary nitrogens is 1. The van der Waals surface area contributed by atoms with Crippen LogP contribution in [0.5, 0.6) is 0 Å². The molecule has 2 N–H and O–H groups in total. The summed E-state index contributed by atoms with van der Waals surface area (Å²) in [5, 5.41) is 2.83. The van der Waals surface area contributed by atoms with Gasteiger partial charge in [-0.3, -0.25) is 9.10 Å². The smallest absolute Gasteiger partial charge is 0.264 e. The highest BCUT2D eigenvalue weighted by Crippen LogP contribution is 2.23. The summed E-state index contributed by atoms with van der Waals surface area (Å²) in [4.78, 5) is 14.2. The van der Waals surface area contributed by atoms with E-state index in [0.29, 0.717) is 6.54 Å². The van der Waals surface area contributed by atoms with Gasteiger partial charge in [-0.05, 0) is 55.2 Å². The van der Waals surface area contributed by atoms with Crippen molar-refractivity contribution in [2.24, 2.45) is 5.92 Å². The molecule has 2 aromatic rings. The van der Waals surface area contributed by atoms with Gasteiger partial charge in [-0.1, -0.05) is 25.1 Å². The molecule has 0 saturated carbocycles. The van der Waals surface area contributed by atoms with E-state index in [9.17, 15) is 17.6 Å². The molecule has 1 aliphatic heterocycles. The summed E-state index contributed by atoms with van der Waals surface area (Å²) in [5.41, 5.74) is 0.243. The lowest BCUT2D eigenvalue weighted by Crippen LogP contribution is -3.13. The van der Waals surface area contributed by atoms with Crippen LogP contribution in [0.2, 0.25) is 0 Å². The van der Waals surface area contributed by atoms with E-state index in [2.05, 4.69) is 12.2 Å². The molecule has 31 heavy (non-hydrogen) atoms. The number of nitrogens with one attached hydrogen (secondary N) is 2. The van der Waals surface area contributed by atoms with Gasteiger partial charge in [0, 0.05) is 13.0 Å². The van der Waals surface area contributed by atoms with E-state index < -0.39 is 15.8 Å². The molecular formula is C23H31FN3O3S+. The number of anilines is 1. The first-order chi connectivity index (χ1) is 14.9. The molecule has 1 aliphatic rings. The molecule has 3 rings (SSSR count). The molecule has 1 heterocycles. The van der Waals surface area contributed by atoms with Crippen molar-refractivity contribution < 1.29 is 22.5 Å². The quantitative estimate of drug-likeness (QED) is 0.575. The van der Waals surface area contributed by atoms with Crippen LogP contribution < -0.4 is 14.5 Å². The molecule has 1 fully saturated rings. The molecule has 0 radical (unpaired) electrons. The molecule has 1 saturated heterocycles. The second-order valence-corrected chi connectivity index (χ2v) is 10.0. The number of rotatable bonds is 9. The van der Waals surface area contributed by atoms with Gasteiger partial charge < -0.3 is 10.2 Å². The normalized spacial score (nSPS) is 19.0. The number of carbonyl (C=O) groups is 1. The van der Waals surface area contributed by atoms with E-state index in [1.165, 1.54) is 62.3 Å². The Morgan fingerprint density at radius 1 is 1.10 bits per heavy atom. The molecule has 2 aromatic carbocycles. The van der Waals surface area contributed by atoms with Crippen LogP contribution in [-0.4, -0.2) is 47.0 Å². The number of benzene rings is 2. The number of nitrogens with zero attached hydrogens (tertiary/aromatic N) is 1. The number of hydrogen-bond donors (Lipinski definition) is 2. The number of amides is 1. The third-order valence-corrected chi connectivity index (χ3v) is 7.53. The standard InChI is InChI=1S/C23H30FN3O3S/c1-19-12-16-26(17-13-19)15-5-14-25-23(28)18-27(21-10-8-20(24)9-11-21)31(29,30)22-6-3-2-4-7-22/h2-4,6-11,19H,5,12-18H2,1H3,(H,25,28)/p+1. The van der Waals surface area contributed by atoms with Gasteiger partial charge >= 0.3 is 0 Å². The Bertz CT molecular complexity index is 944. The van der Waals surface area contributed by atoms with E-state index >= 15 is 0 Å². The third-order valence-electron chi connectivity index (χ3n) is 5.74. The molecule has 0 bridgehead atoms. The molecule has 0 atom stereocenters. The molecule has 1 amide bonds. The highest BCUT2D eigenvalue weighted by molar-refractivity contribution is 7.92. The summed E-state index contributed by atoms with van der Waals surface area (Å²) in [6, 6.07) is 13.0. The maximum Gasteiger partial charge on any atom is 0.264 e. The van der Waals surface area contributed by atoms with Crippen molar-refractivity contribution in [3.63, 3.8) is 0 Å². The zero-order valence-electron chi connectivity index (χ0n) is 17.9. The summed E-state index contributed by atoms with van der Waals surface area (Å²) in [6.45, 7) is 5.76. The first-order valence-corrected chi connectivity index (χ1v) is 12.2. The molecule has 0 aromatic heterocycles. The Balaban J connectivity index is 1.62. The predicted octanol–water partition coefficient (Wildman–Crippen LogP) is 1.84. The number of sulfonamides is 1. The van der Waals surface area contributed by atoms with Crippen LogP contribution in [0.3, 0.4) is 0 Å². The highest BCUT2D eigenvalue weighted by atomic mass is 32.2. The van der Waals surface area contributed by atoms with Crippen LogP contribution in [0.25, 0.3) is 0 Å². The lowest BCUT2D eigenvalue weighted by molar-refractivity contribution is -0.906. The largest absolute Gasteiger partial charge is 0.354 e. The number of carbonyl (C=O) groups excluding carboxylic acids is 1. The van der Waals surface area contributed by atoms with Gasteiger partial charge in [0.2, 0.25) is 5.91 Å². The van der Waals surface area contributed by atoms with Crippen molar-refractivity contribution in [3.05, 3.63) is 60.4 Å². The molecule has 6 nitrogen and oxygen atoms in total. The third kappa shape index (κ3) is 6.51. The summed E-state index contributed by atoms with van der Waals surface area (Å²) < 4.78 is 40.7. The minimum Gasteiger partial charge on any atom is -0.354 e. The first kappa shape index (κ1) is 23.2. The van der Waals surface area contributed by atoms with Crippen molar-refractivity contribution in [3.8, 4) is 0 Å². The van der Waals surface area contributed by atoms with Crippen LogP contribution in [0, 0.1) is 11.7 Å². The molecule has 0 spiro atoms. The van der Waals surface area contributed by atoms with E-state index in [1.54, 1.807) is 23.1 Å². The van der Waals surface area contributed by atoms with Gasteiger partial charge in [0.05, 0.1) is 30.2 Å². The fourth-order valence-corrected chi connectivity index (χ4v) is 5.26. The van der Waals surface area contributed by atoms with Gasteiger partial charge in [0.15, 0.2) is 0 Å². The monoisotopic (exact) mass is 448 g/mol. The SMILES string of the molecule is CC1CC[NH+](CCCNC(=O)CN(c2ccc(F)cc2)S(=O)(=O)c2ccccc2)CC1. The average molecular weight is 449 g/mol. The Kier molecular flexibility index (Phi) is 8.03. The van der Waals surface area contributed by atoms with Crippen LogP contribution in [0.15, 0.2) is 59.5 Å². The van der Waals surface area contributed by atoms with Crippen molar-refractivity contribution >= 4 is 21.6 Å². The Morgan fingerprint density at radius 3 is 2.39 bits per heavy atom. The average Bonchev–Trinajstić information content (AvgIpc) is 2.77. The first-order valence-electron chi connectivity index (χ1n) is 10.8. The second kappa shape index (κ2) is 10.7. The second-order valence-electron chi connectivity index (χ2n) is 8.19. The molecule has 168 valence electrons. The van der Waals surface area contributed by atoms with Gasteiger partial charge in [-0.15, -0.1) is 0 Å². The van der Waals surface area contributed by atoms with E-state index in [0.717, 1.165) is 23.2 Å². The van der Waals surface area contributed by atoms with Crippen molar-refractivity contribution in [2.45, 2.75) is 31.1 Å². The van der Waals surface area contributed by atoms with Crippen LogP contribution in [0.4, 0.5) is 10.1 Å². The number of piperidine rings is 1. The fourth-order valence-electron chi connectivity index (χ4n) is 3.82. The van der Waals surface area contributed by atoms with E-state index in [1.807, 2.05) is 0 Å². The van der Waals surface area contributed by atoms with Crippen molar-refractivity contribution in [2.75, 3.05) is 37.0 Å². The summed E-state index contributed by atoms with van der Waals surface area (Å²) in [7, 11) is -3.97. The van der Waals surface area contributed by atoms with Gasteiger partial charge in [0.25, 0.3) is 10.0 Å². The zero-order valence-corrected chi connectivity index (χ0v) is 18.7. The van der Waals surface area contributed by atoms with Gasteiger partial charge in [0.1, 0.15) is 12.4 Å². The maximum absolute atomic E-state index is 13.4. The van der Waals surface area contributed by atoms with Gasteiger partial charge in [-0.2, -0.15) is 0 Å². The lowest BCUT2D eigenvalue weighted by Gasteiger charge is -2.27. The Labute approximate surface area is 184 Å². The predicted molar refractivity (Wildman–Crippen MR) is 119 cm³/mol. The van der Waals surface area contributed by atoms with E-state index in [4.69, 9.17) is 0 Å². The number of halogens is 1. The van der Waals surface area contributed by atoms with Crippen molar-refractivity contribution in [1.82, 2.24) is 5.32 Å².